The van der Waals surface area contributed by atoms with E-state index < -0.39 is 11.1 Å². The van der Waals surface area contributed by atoms with Gasteiger partial charge < -0.3 is 10.2 Å². The van der Waals surface area contributed by atoms with Crippen molar-refractivity contribution in [1.29, 1.82) is 0 Å². The van der Waals surface area contributed by atoms with E-state index in [1.54, 1.807) is 24.8 Å². The van der Waals surface area contributed by atoms with Gasteiger partial charge >= 0.3 is 0 Å². The second-order valence-electron chi connectivity index (χ2n) is 10.6. The minimum absolute atomic E-state index is 0.0516. The molecule has 3 rings (SSSR count). The van der Waals surface area contributed by atoms with Crippen molar-refractivity contribution in [2.75, 3.05) is 5.75 Å². The molecule has 9 heteroatoms. The van der Waals surface area contributed by atoms with Gasteiger partial charge in [-0.25, -0.2) is 0 Å². The number of aromatic hydroxyl groups is 2. The molecule has 0 saturated carbocycles. The predicted molar refractivity (Wildman–Crippen MR) is 143 cm³/mol. The molecule has 0 aliphatic carbocycles. The molecular formula is C26H36N2O5S2. The summed E-state index contributed by atoms with van der Waals surface area (Å²) >= 11 is 5.82. The lowest BCUT2D eigenvalue weighted by molar-refractivity contribution is -0.119. The Labute approximate surface area is 216 Å². The lowest BCUT2D eigenvalue weighted by atomic mass is 9.92. The highest BCUT2D eigenvalue weighted by Crippen LogP contribution is 2.38. The Hall–Kier alpha value is -2.13. The molecule has 0 atom stereocenters. The molecule has 2 aromatic heterocycles. The Bertz CT molecular complexity index is 1240. The fourth-order valence-corrected chi connectivity index (χ4v) is 6.16. The van der Waals surface area contributed by atoms with Gasteiger partial charge in [0.1, 0.15) is 5.78 Å². The number of pyridine rings is 2. The first-order chi connectivity index (χ1) is 16.3. The lowest BCUT2D eigenvalue weighted by Crippen LogP contribution is -2.36. The summed E-state index contributed by atoms with van der Waals surface area (Å²) in [5.74, 6) is 0.948. The average molecular weight is 521 g/mol. The molecule has 2 aromatic rings. The number of nitrogens with zero attached hydrogens (tertiary/aromatic N) is 2. The van der Waals surface area contributed by atoms with Crippen molar-refractivity contribution in [3.8, 4) is 11.8 Å². The number of hydrogen-bond acceptors (Lipinski definition) is 7. The maximum atomic E-state index is 12.7. The molecule has 7 nitrogen and oxygen atoms in total. The van der Waals surface area contributed by atoms with Gasteiger partial charge in [-0.1, -0.05) is 0 Å². The van der Waals surface area contributed by atoms with Crippen LogP contribution >= 0.6 is 24.4 Å². The summed E-state index contributed by atoms with van der Waals surface area (Å²) in [4.78, 5) is 39.0. The minimum Gasteiger partial charge on any atom is -0.494 e. The van der Waals surface area contributed by atoms with Gasteiger partial charge in [0.05, 0.1) is 0 Å². The second kappa shape index (κ2) is 10.5. The third kappa shape index (κ3) is 5.82. The fourth-order valence-electron chi connectivity index (χ4n) is 4.87. The van der Waals surface area contributed by atoms with Crippen molar-refractivity contribution in [3.05, 3.63) is 44.0 Å². The highest BCUT2D eigenvalue weighted by atomic mass is 32.2. The van der Waals surface area contributed by atoms with Crippen LogP contribution in [0.15, 0.2) is 31.5 Å². The van der Waals surface area contributed by atoms with Crippen molar-refractivity contribution < 1.29 is 15.0 Å². The molecule has 192 valence electrons. The first-order valence-corrected chi connectivity index (χ1v) is 13.5. The number of fused-ring (bicyclic) bond motifs is 1. The zero-order valence-corrected chi connectivity index (χ0v) is 22.9. The monoisotopic (exact) mass is 520 g/mol. The Morgan fingerprint density at radius 2 is 1.49 bits per heavy atom. The molecule has 0 unspecified atom stereocenters. The number of carbonyl (C=O) groups is 1. The van der Waals surface area contributed by atoms with Crippen LogP contribution in [0, 0.1) is 6.92 Å². The van der Waals surface area contributed by atoms with Crippen LogP contribution in [0.2, 0.25) is 0 Å². The van der Waals surface area contributed by atoms with Gasteiger partial charge in [-0.15, -0.1) is 24.4 Å². The minimum atomic E-state index is -0.653. The summed E-state index contributed by atoms with van der Waals surface area (Å²) in [6.07, 6.45) is 3.85. The van der Waals surface area contributed by atoms with Crippen LogP contribution < -0.4 is 11.1 Å². The van der Waals surface area contributed by atoms with E-state index >= 15 is 0 Å². The Morgan fingerprint density at radius 3 is 2.06 bits per heavy atom. The molecule has 0 saturated heterocycles. The number of thioether (sulfide) groups is 1. The van der Waals surface area contributed by atoms with Gasteiger partial charge in [0.2, 0.25) is 0 Å². The molecule has 0 fully saturated rings. The van der Waals surface area contributed by atoms with Gasteiger partial charge in [0, 0.05) is 62.7 Å². The SMILES string of the molecule is Cc1c(S)cc(=O)n(C(C)(C)CCCC(=O)CCCC(C)(C)n2c(O)c3c(cc2=O)SCC3)c1O. The maximum Gasteiger partial charge on any atom is 0.254 e. The molecule has 0 spiro atoms. The summed E-state index contributed by atoms with van der Waals surface area (Å²) in [6, 6.07) is 3.01. The van der Waals surface area contributed by atoms with E-state index in [1.165, 1.54) is 15.2 Å². The number of rotatable bonds is 10. The summed E-state index contributed by atoms with van der Waals surface area (Å²) in [5.41, 5.74) is -0.409. The van der Waals surface area contributed by atoms with Gasteiger partial charge in [-0.2, -0.15) is 0 Å². The van der Waals surface area contributed by atoms with Crippen LogP contribution in [-0.4, -0.2) is 30.9 Å². The first-order valence-electron chi connectivity index (χ1n) is 12.0. The summed E-state index contributed by atoms with van der Waals surface area (Å²) in [7, 11) is 0. The summed E-state index contributed by atoms with van der Waals surface area (Å²) in [6.45, 7) is 9.29. The van der Waals surface area contributed by atoms with Gasteiger partial charge in [-0.3, -0.25) is 23.5 Å². The van der Waals surface area contributed by atoms with Crippen LogP contribution in [0.1, 0.15) is 77.3 Å². The van der Waals surface area contributed by atoms with E-state index in [0.717, 1.165) is 22.6 Å². The van der Waals surface area contributed by atoms with E-state index in [1.807, 2.05) is 27.7 Å². The lowest BCUT2D eigenvalue weighted by Gasteiger charge is -2.30. The molecule has 35 heavy (non-hydrogen) atoms. The highest BCUT2D eigenvalue weighted by Gasteiger charge is 2.29. The zero-order chi connectivity index (χ0) is 26.1. The van der Waals surface area contributed by atoms with E-state index in [9.17, 15) is 24.6 Å². The van der Waals surface area contributed by atoms with E-state index in [-0.39, 0.29) is 28.7 Å². The van der Waals surface area contributed by atoms with Gasteiger partial charge in [-0.05, 0) is 66.7 Å². The Kier molecular flexibility index (Phi) is 8.21. The van der Waals surface area contributed by atoms with Crippen LogP contribution in [0.4, 0.5) is 0 Å². The number of ketones is 1. The van der Waals surface area contributed by atoms with Crippen molar-refractivity contribution in [1.82, 2.24) is 9.13 Å². The summed E-state index contributed by atoms with van der Waals surface area (Å²) < 4.78 is 2.83. The van der Waals surface area contributed by atoms with Crippen molar-refractivity contribution in [3.63, 3.8) is 0 Å². The van der Waals surface area contributed by atoms with Crippen LogP contribution in [0.3, 0.4) is 0 Å². The van der Waals surface area contributed by atoms with E-state index in [4.69, 9.17) is 0 Å². The number of Topliss-reactive ketones (excluding diaryl/α,β-unsaturated/α-hetero) is 1. The second-order valence-corrected chi connectivity index (χ2v) is 12.2. The van der Waals surface area contributed by atoms with E-state index in [0.29, 0.717) is 49.0 Å². The molecule has 1 aliphatic rings. The standard InChI is InChI=1S/C26H36N2O5S2/c1-16-19(34)14-21(30)27(23(16)32)25(2,3)11-6-8-17(29)9-7-12-26(4,5)28-22(31)15-20-18(24(28)33)10-13-35-20/h14-15,32-34H,6-13H2,1-5H3. The molecular weight excluding hydrogens is 484 g/mol. The van der Waals surface area contributed by atoms with Crippen molar-refractivity contribution in [2.24, 2.45) is 0 Å². The normalized spacial score (nSPS) is 13.8. The molecule has 0 amide bonds. The third-order valence-corrected chi connectivity index (χ3v) is 8.52. The quantitative estimate of drug-likeness (QED) is 0.391. The predicted octanol–water partition coefficient (Wildman–Crippen LogP) is 4.75. The van der Waals surface area contributed by atoms with Crippen LogP contribution in [0.25, 0.3) is 0 Å². The molecule has 0 bridgehead atoms. The van der Waals surface area contributed by atoms with Crippen LogP contribution in [0.5, 0.6) is 11.8 Å². The Morgan fingerprint density at radius 1 is 0.971 bits per heavy atom. The third-order valence-electron chi connectivity index (χ3n) is 6.97. The highest BCUT2D eigenvalue weighted by molar-refractivity contribution is 7.99. The molecule has 0 radical (unpaired) electrons. The molecule has 1 aliphatic heterocycles. The first kappa shape index (κ1) is 27.5. The summed E-state index contributed by atoms with van der Waals surface area (Å²) in [5, 5.41) is 21.2. The van der Waals surface area contributed by atoms with Gasteiger partial charge in [0.15, 0.2) is 11.8 Å². The zero-order valence-electron chi connectivity index (χ0n) is 21.2. The average Bonchev–Trinajstić information content (AvgIpc) is 3.20. The molecule has 3 heterocycles. The van der Waals surface area contributed by atoms with E-state index in [2.05, 4.69) is 12.6 Å². The molecule has 0 aromatic carbocycles. The Balaban J connectivity index is 1.55. The topological polar surface area (TPSA) is 102 Å². The maximum absolute atomic E-state index is 12.7. The number of aromatic nitrogens is 2. The van der Waals surface area contributed by atoms with Crippen LogP contribution in [-0.2, 0) is 22.3 Å². The largest absolute Gasteiger partial charge is 0.494 e. The number of hydrogen-bond donors (Lipinski definition) is 3. The van der Waals surface area contributed by atoms with Crippen molar-refractivity contribution >= 4 is 30.2 Å². The molecule has 2 N–H and O–H groups in total. The number of thiol groups is 1. The van der Waals surface area contributed by atoms with Gasteiger partial charge in [0.25, 0.3) is 11.1 Å². The van der Waals surface area contributed by atoms with Crippen molar-refractivity contribution in [2.45, 2.75) is 100 Å². The number of carbonyl (C=O) groups excluding carboxylic acids is 1. The fraction of sp³-hybridized carbons (Fsp3) is 0.577. The smallest absolute Gasteiger partial charge is 0.254 e.